The molecule has 0 radical (unpaired) electrons. The summed E-state index contributed by atoms with van der Waals surface area (Å²) in [5, 5.41) is 8.07. The van der Waals surface area contributed by atoms with E-state index in [1.165, 1.54) is 0 Å². The van der Waals surface area contributed by atoms with Crippen molar-refractivity contribution in [3.63, 3.8) is 0 Å². The highest BCUT2D eigenvalue weighted by atomic mass is 16.5. The van der Waals surface area contributed by atoms with Crippen LogP contribution in [-0.4, -0.2) is 45.7 Å². The third-order valence-electron chi connectivity index (χ3n) is 4.05. The fraction of sp³-hybridized carbons (Fsp3) is 0.438. The second kappa shape index (κ2) is 5.79. The van der Waals surface area contributed by atoms with E-state index in [1.54, 1.807) is 23.3 Å². The van der Waals surface area contributed by atoms with E-state index in [2.05, 4.69) is 15.2 Å². The summed E-state index contributed by atoms with van der Waals surface area (Å²) < 4.78 is 16.6. The van der Waals surface area contributed by atoms with Crippen LogP contribution < -0.4 is 0 Å². The van der Waals surface area contributed by atoms with Crippen LogP contribution in [0.2, 0.25) is 0 Å². The zero-order chi connectivity index (χ0) is 16.7. The number of carbonyl (C=O) groups is 1. The molecule has 3 aromatic heterocycles. The number of ether oxygens (including phenoxy) is 1. The van der Waals surface area contributed by atoms with E-state index in [1.807, 2.05) is 13.8 Å². The molecule has 0 aromatic carbocycles. The molecule has 8 heteroatoms. The molecule has 1 fully saturated rings. The Morgan fingerprint density at radius 2 is 2.29 bits per heavy atom. The number of morpholine rings is 1. The topological polar surface area (TPSA) is 97.4 Å². The number of hydrogen-bond acceptors (Lipinski definition) is 6. The van der Waals surface area contributed by atoms with Gasteiger partial charge in [0.25, 0.3) is 5.91 Å². The molecule has 1 saturated heterocycles. The molecule has 0 spiro atoms. The van der Waals surface area contributed by atoms with Crippen LogP contribution in [0.1, 0.15) is 48.1 Å². The first kappa shape index (κ1) is 14.9. The Kier molecular flexibility index (Phi) is 3.61. The van der Waals surface area contributed by atoms with Crippen molar-refractivity contribution in [3.8, 4) is 0 Å². The van der Waals surface area contributed by atoms with Gasteiger partial charge >= 0.3 is 0 Å². The molecular weight excluding hydrogens is 312 g/mol. The lowest BCUT2D eigenvalue weighted by molar-refractivity contribution is -0.0352. The summed E-state index contributed by atoms with van der Waals surface area (Å²) in [5.74, 6) is 1.04. The third kappa shape index (κ3) is 2.58. The lowest BCUT2D eigenvalue weighted by Crippen LogP contribution is -2.42. The minimum atomic E-state index is -0.402. The Labute approximate surface area is 137 Å². The normalized spacial score (nSPS) is 18.6. The van der Waals surface area contributed by atoms with Crippen LogP contribution in [0.5, 0.6) is 0 Å². The summed E-state index contributed by atoms with van der Waals surface area (Å²) in [6, 6.07) is 3.51. The van der Waals surface area contributed by atoms with Crippen molar-refractivity contribution in [3.05, 3.63) is 35.9 Å². The predicted molar refractivity (Wildman–Crippen MR) is 83.5 cm³/mol. The van der Waals surface area contributed by atoms with Gasteiger partial charge in [-0.05, 0) is 0 Å². The Hall–Kier alpha value is -2.61. The molecule has 0 bridgehead atoms. The SMILES string of the molecule is CC(C)c1nnc(C2CN(C(=O)c3cc4occc4[nH]3)CCO2)o1. The largest absolute Gasteiger partial charge is 0.463 e. The number of rotatable bonds is 3. The second-order valence-corrected chi connectivity index (χ2v) is 6.13. The maximum absolute atomic E-state index is 12.7. The van der Waals surface area contributed by atoms with E-state index in [-0.39, 0.29) is 11.8 Å². The number of fused-ring (bicyclic) bond motifs is 1. The fourth-order valence-corrected chi connectivity index (χ4v) is 2.73. The van der Waals surface area contributed by atoms with Crippen molar-refractivity contribution in [1.29, 1.82) is 0 Å². The van der Waals surface area contributed by atoms with Crippen LogP contribution in [-0.2, 0) is 4.74 Å². The first-order valence-electron chi connectivity index (χ1n) is 7.92. The molecule has 1 amide bonds. The predicted octanol–water partition coefficient (Wildman–Crippen LogP) is 2.48. The average Bonchev–Trinajstić information content (AvgIpc) is 3.29. The van der Waals surface area contributed by atoms with E-state index < -0.39 is 6.10 Å². The molecule has 4 rings (SSSR count). The fourth-order valence-electron chi connectivity index (χ4n) is 2.73. The first-order valence-corrected chi connectivity index (χ1v) is 7.92. The monoisotopic (exact) mass is 330 g/mol. The maximum Gasteiger partial charge on any atom is 0.270 e. The van der Waals surface area contributed by atoms with Crippen molar-refractivity contribution in [1.82, 2.24) is 20.1 Å². The highest BCUT2D eigenvalue weighted by Crippen LogP contribution is 2.25. The number of amides is 1. The Bertz CT molecular complexity index is 834. The number of furan rings is 1. The summed E-state index contributed by atoms with van der Waals surface area (Å²) in [4.78, 5) is 17.5. The minimum Gasteiger partial charge on any atom is -0.463 e. The van der Waals surface area contributed by atoms with Gasteiger partial charge in [0.1, 0.15) is 5.69 Å². The van der Waals surface area contributed by atoms with Gasteiger partial charge in [-0.2, -0.15) is 0 Å². The van der Waals surface area contributed by atoms with Crippen molar-refractivity contribution in [2.75, 3.05) is 19.7 Å². The molecule has 126 valence electrons. The zero-order valence-corrected chi connectivity index (χ0v) is 13.5. The highest BCUT2D eigenvalue weighted by Gasteiger charge is 2.30. The number of aromatic amines is 1. The zero-order valence-electron chi connectivity index (χ0n) is 13.5. The highest BCUT2D eigenvalue weighted by molar-refractivity contribution is 5.96. The van der Waals surface area contributed by atoms with Gasteiger partial charge in [0.05, 0.1) is 24.9 Å². The quantitative estimate of drug-likeness (QED) is 0.792. The van der Waals surface area contributed by atoms with Gasteiger partial charge in [-0.3, -0.25) is 4.79 Å². The summed E-state index contributed by atoms with van der Waals surface area (Å²) in [7, 11) is 0. The summed E-state index contributed by atoms with van der Waals surface area (Å²) in [6.07, 6.45) is 1.18. The van der Waals surface area contributed by atoms with Crippen molar-refractivity contribution < 1.29 is 18.4 Å². The molecule has 1 unspecified atom stereocenters. The van der Waals surface area contributed by atoms with Gasteiger partial charge in [-0.25, -0.2) is 0 Å². The van der Waals surface area contributed by atoms with Crippen LogP contribution >= 0.6 is 0 Å². The van der Waals surface area contributed by atoms with Crippen LogP contribution in [0.3, 0.4) is 0 Å². The molecule has 1 atom stereocenters. The van der Waals surface area contributed by atoms with Gasteiger partial charge in [0.15, 0.2) is 11.7 Å². The van der Waals surface area contributed by atoms with Crippen LogP contribution in [0.4, 0.5) is 0 Å². The summed E-state index contributed by atoms with van der Waals surface area (Å²) in [5.41, 5.74) is 1.97. The third-order valence-corrected chi connectivity index (χ3v) is 4.05. The molecule has 8 nitrogen and oxygen atoms in total. The number of carbonyl (C=O) groups excluding carboxylic acids is 1. The Morgan fingerprint density at radius 1 is 1.42 bits per heavy atom. The first-order chi connectivity index (χ1) is 11.6. The van der Waals surface area contributed by atoms with E-state index in [4.69, 9.17) is 13.6 Å². The maximum atomic E-state index is 12.7. The molecule has 24 heavy (non-hydrogen) atoms. The number of nitrogens with zero attached hydrogens (tertiary/aromatic N) is 3. The van der Waals surface area contributed by atoms with Gasteiger partial charge in [-0.15, -0.1) is 10.2 Å². The lowest BCUT2D eigenvalue weighted by Gasteiger charge is -2.30. The molecule has 1 N–H and O–H groups in total. The minimum absolute atomic E-state index is 0.0988. The smallest absolute Gasteiger partial charge is 0.270 e. The molecular formula is C16H18N4O4. The van der Waals surface area contributed by atoms with E-state index in [0.29, 0.717) is 42.8 Å². The van der Waals surface area contributed by atoms with E-state index in [9.17, 15) is 4.79 Å². The van der Waals surface area contributed by atoms with Gasteiger partial charge < -0.3 is 23.5 Å². The Balaban J connectivity index is 1.51. The summed E-state index contributed by atoms with van der Waals surface area (Å²) >= 11 is 0. The van der Waals surface area contributed by atoms with Crippen LogP contribution in [0.25, 0.3) is 11.1 Å². The van der Waals surface area contributed by atoms with Crippen molar-refractivity contribution in [2.24, 2.45) is 0 Å². The second-order valence-electron chi connectivity index (χ2n) is 6.13. The number of H-pyrrole nitrogens is 1. The van der Waals surface area contributed by atoms with Crippen LogP contribution in [0, 0.1) is 0 Å². The van der Waals surface area contributed by atoms with E-state index in [0.717, 1.165) is 5.52 Å². The Morgan fingerprint density at radius 3 is 3.04 bits per heavy atom. The summed E-state index contributed by atoms with van der Waals surface area (Å²) in [6.45, 7) is 5.28. The molecule has 0 saturated carbocycles. The standard InChI is InChI=1S/C16H18N4O4/c1-9(2)14-18-19-15(24-14)13-8-20(4-6-23-13)16(21)11-7-12-10(17-11)3-5-22-12/h3,5,7,9,13,17H,4,6,8H2,1-2H3. The number of nitrogens with one attached hydrogen (secondary N) is 1. The molecule has 0 aliphatic carbocycles. The average molecular weight is 330 g/mol. The van der Waals surface area contributed by atoms with Crippen molar-refractivity contribution >= 4 is 17.0 Å². The van der Waals surface area contributed by atoms with Gasteiger partial charge in [-0.1, -0.05) is 13.8 Å². The van der Waals surface area contributed by atoms with Crippen LogP contribution in [0.15, 0.2) is 27.2 Å². The lowest BCUT2D eigenvalue weighted by atomic mass is 10.2. The van der Waals surface area contributed by atoms with Gasteiger partial charge in [0, 0.05) is 24.6 Å². The molecule has 3 aromatic rings. The van der Waals surface area contributed by atoms with Crippen molar-refractivity contribution in [2.45, 2.75) is 25.9 Å². The van der Waals surface area contributed by atoms with Gasteiger partial charge in [0.2, 0.25) is 11.8 Å². The molecule has 4 heterocycles. The molecule has 1 aliphatic heterocycles. The number of hydrogen-bond donors (Lipinski definition) is 1. The number of aromatic nitrogens is 3. The van der Waals surface area contributed by atoms with E-state index >= 15 is 0 Å². The molecule has 1 aliphatic rings.